The molecule has 3 aliphatic rings. The Labute approximate surface area is 162 Å². The summed E-state index contributed by atoms with van der Waals surface area (Å²) >= 11 is 0. The van der Waals surface area contributed by atoms with Gasteiger partial charge in [0.15, 0.2) is 0 Å². The van der Waals surface area contributed by atoms with Crippen LogP contribution in [0, 0.1) is 28.6 Å². The van der Waals surface area contributed by atoms with Gasteiger partial charge in [-0.2, -0.15) is 0 Å². The Kier molecular flexibility index (Phi) is 4.53. The number of carbonyl (C=O) groups is 1. The topological polar surface area (TPSA) is 58.6 Å². The number of benzene rings is 1. The lowest BCUT2D eigenvalue weighted by Crippen LogP contribution is -2.59. The van der Waals surface area contributed by atoms with Gasteiger partial charge in [0.25, 0.3) is 0 Å². The van der Waals surface area contributed by atoms with Gasteiger partial charge >= 0.3 is 0 Å². The van der Waals surface area contributed by atoms with E-state index < -0.39 is 0 Å². The first kappa shape index (κ1) is 18.8. The van der Waals surface area contributed by atoms with Crippen LogP contribution in [0.5, 0.6) is 5.75 Å². The van der Waals surface area contributed by atoms with Crippen molar-refractivity contribution in [3.05, 3.63) is 29.8 Å². The van der Waals surface area contributed by atoms with E-state index in [0.29, 0.717) is 29.9 Å². The van der Waals surface area contributed by atoms with Gasteiger partial charge in [-0.3, -0.25) is 4.79 Å². The van der Waals surface area contributed by atoms with E-state index in [1.165, 1.54) is 6.42 Å². The Morgan fingerprint density at radius 2 is 2.15 bits per heavy atom. The second-order valence-electron chi connectivity index (χ2n) is 10.0. The lowest BCUT2D eigenvalue weighted by Gasteiger charge is -2.53. The molecule has 148 valence electrons. The van der Waals surface area contributed by atoms with Crippen molar-refractivity contribution in [2.24, 2.45) is 28.6 Å². The highest BCUT2D eigenvalue weighted by molar-refractivity contribution is 5.76. The smallest absolute Gasteiger partial charge is 0.220 e. The first-order chi connectivity index (χ1) is 12.7. The molecule has 5 atom stereocenters. The zero-order chi connectivity index (χ0) is 19.4. The molecule has 2 bridgehead atoms. The van der Waals surface area contributed by atoms with Gasteiger partial charge in [-0.15, -0.1) is 0 Å². The van der Waals surface area contributed by atoms with Crippen LogP contribution in [0.15, 0.2) is 24.3 Å². The lowest BCUT2D eigenvalue weighted by atomic mass is 9.59. The van der Waals surface area contributed by atoms with Gasteiger partial charge < -0.3 is 15.2 Å². The summed E-state index contributed by atoms with van der Waals surface area (Å²) in [6.45, 7) is 9.58. The van der Waals surface area contributed by atoms with Gasteiger partial charge in [-0.1, -0.05) is 39.8 Å². The summed E-state index contributed by atoms with van der Waals surface area (Å²) in [6.07, 6.45) is 3.93. The maximum atomic E-state index is 12.7. The number of amides is 1. The van der Waals surface area contributed by atoms with Crippen molar-refractivity contribution in [3.63, 3.8) is 0 Å². The normalized spacial score (nSPS) is 36.6. The van der Waals surface area contributed by atoms with E-state index in [1.807, 2.05) is 12.1 Å². The number of aromatic hydroxyl groups is 1. The first-order valence-corrected chi connectivity index (χ1v) is 10.4. The van der Waals surface area contributed by atoms with Gasteiger partial charge in [0.1, 0.15) is 5.75 Å². The highest BCUT2D eigenvalue weighted by Crippen LogP contribution is 2.70. The molecule has 27 heavy (non-hydrogen) atoms. The number of nitrogens with one attached hydrogen (secondary N) is 1. The van der Waals surface area contributed by atoms with E-state index >= 15 is 0 Å². The summed E-state index contributed by atoms with van der Waals surface area (Å²) in [5, 5.41) is 13.4. The fourth-order valence-corrected chi connectivity index (χ4v) is 6.41. The molecule has 1 aliphatic heterocycles. The minimum Gasteiger partial charge on any atom is -0.508 e. The molecule has 1 spiro atoms. The summed E-state index contributed by atoms with van der Waals surface area (Å²) in [4.78, 5) is 12.7. The predicted octanol–water partition coefficient (Wildman–Crippen LogP) is 4.44. The van der Waals surface area contributed by atoms with E-state index in [1.54, 1.807) is 6.07 Å². The molecule has 2 N–H and O–H groups in total. The van der Waals surface area contributed by atoms with Crippen LogP contribution in [-0.2, 0) is 9.53 Å². The average Bonchev–Trinajstić information content (AvgIpc) is 3.07. The molecular formula is C23H33NO3. The van der Waals surface area contributed by atoms with Gasteiger partial charge in [0.2, 0.25) is 5.91 Å². The van der Waals surface area contributed by atoms with Crippen molar-refractivity contribution in [3.8, 4) is 5.75 Å². The average molecular weight is 372 g/mol. The summed E-state index contributed by atoms with van der Waals surface area (Å²) in [6, 6.07) is 7.71. The molecule has 1 aromatic rings. The van der Waals surface area contributed by atoms with E-state index in [9.17, 15) is 9.90 Å². The molecule has 0 aromatic heterocycles. The van der Waals surface area contributed by atoms with Crippen LogP contribution >= 0.6 is 0 Å². The number of carbonyl (C=O) groups excluding carboxylic acids is 1. The number of rotatable bonds is 4. The van der Waals surface area contributed by atoms with Crippen LogP contribution in [-0.4, -0.2) is 23.7 Å². The highest BCUT2D eigenvalue weighted by Gasteiger charge is 2.68. The molecule has 1 aromatic carbocycles. The maximum absolute atomic E-state index is 12.7. The van der Waals surface area contributed by atoms with Crippen LogP contribution in [0.2, 0.25) is 0 Å². The Morgan fingerprint density at radius 1 is 1.37 bits per heavy atom. The SMILES string of the molecule is CC(C)CC(=O)N[C@H]1C(C)(C)[C@@H]2C[C@@H]3[C@@H](c4cccc(O)c4)OCCC31C2. The summed E-state index contributed by atoms with van der Waals surface area (Å²) in [7, 11) is 0. The number of phenols is 1. The fourth-order valence-electron chi connectivity index (χ4n) is 6.41. The van der Waals surface area contributed by atoms with Gasteiger partial charge in [0.05, 0.1) is 6.10 Å². The minimum atomic E-state index is 0.0106. The fraction of sp³-hybridized carbons (Fsp3) is 0.696. The van der Waals surface area contributed by atoms with E-state index in [0.717, 1.165) is 25.0 Å². The van der Waals surface area contributed by atoms with Crippen molar-refractivity contribution in [2.45, 2.75) is 65.5 Å². The van der Waals surface area contributed by atoms with E-state index in [4.69, 9.17) is 4.74 Å². The van der Waals surface area contributed by atoms with Crippen molar-refractivity contribution in [2.75, 3.05) is 6.61 Å². The second-order valence-corrected chi connectivity index (χ2v) is 10.0. The predicted molar refractivity (Wildman–Crippen MR) is 105 cm³/mol. The molecule has 3 fully saturated rings. The van der Waals surface area contributed by atoms with Crippen molar-refractivity contribution < 1.29 is 14.6 Å². The lowest BCUT2D eigenvalue weighted by molar-refractivity contribution is -0.137. The molecule has 1 heterocycles. The molecule has 2 aliphatic carbocycles. The standard InChI is InChI=1S/C23H33NO3/c1-14(2)10-19(26)24-21-22(3,4)16-12-18-20(15-6-5-7-17(25)11-15)27-9-8-23(18,21)13-16/h5-7,11,14,16,18,20-21,25H,8-10,12-13H2,1-4H3,(H,24,26)/t16-,18-,20-,21+,23?/m1/s1. The summed E-state index contributed by atoms with van der Waals surface area (Å²) in [5.74, 6) is 1.85. The molecule has 4 nitrogen and oxygen atoms in total. The molecule has 4 rings (SSSR count). The highest BCUT2D eigenvalue weighted by atomic mass is 16.5. The zero-order valence-corrected chi connectivity index (χ0v) is 17.0. The van der Waals surface area contributed by atoms with Crippen LogP contribution in [0.1, 0.15) is 65.0 Å². The Morgan fingerprint density at radius 3 is 2.85 bits per heavy atom. The van der Waals surface area contributed by atoms with Gasteiger partial charge in [-0.05, 0) is 65.5 Å². The second kappa shape index (κ2) is 6.51. The van der Waals surface area contributed by atoms with E-state index in [-0.39, 0.29) is 28.9 Å². The first-order valence-electron chi connectivity index (χ1n) is 10.4. The van der Waals surface area contributed by atoms with Crippen molar-refractivity contribution in [1.29, 1.82) is 0 Å². The number of ether oxygens (including phenoxy) is 1. The van der Waals surface area contributed by atoms with Crippen molar-refractivity contribution in [1.82, 2.24) is 5.32 Å². The van der Waals surface area contributed by atoms with Crippen LogP contribution in [0.25, 0.3) is 0 Å². The quantitative estimate of drug-likeness (QED) is 0.823. The van der Waals surface area contributed by atoms with Gasteiger partial charge in [0, 0.05) is 19.1 Å². The van der Waals surface area contributed by atoms with Crippen molar-refractivity contribution >= 4 is 5.91 Å². The Bertz CT molecular complexity index is 728. The molecule has 1 amide bonds. The maximum Gasteiger partial charge on any atom is 0.220 e. The molecule has 2 saturated carbocycles. The van der Waals surface area contributed by atoms with Crippen LogP contribution in [0.4, 0.5) is 0 Å². The summed E-state index contributed by atoms with van der Waals surface area (Å²) in [5.41, 5.74) is 1.29. The molecule has 4 heteroatoms. The van der Waals surface area contributed by atoms with E-state index in [2.05, 4.69) is 39.1 Å². The largest absolute Gasteiger partial charge is 0.508 e. The third-order valence-corrected chi connectivity index (χ3v) is 7.60. The van der Waals surface area contributed by atoms with Crippen LogP contribution in [0.3, 0.4) is 0 Å². The molecule has 1 unspecified atom stereocenters. The van der Waals surface area contributed by atoms with Gasteiger partial charge in [-0.25, -0.2) is 0 Å². The third-order valence-electron chi connectivity index (χ3n) is 7.60. The van der Waals surface area contributed by atoms with Crippen LogP contribution < -0.4 is 5.32 Å². The number of hydrogen-bond acceptors (Lipinski definition) is 3. The Balaban J connectivity index is 1.65. The number of phenolic OH excluding ortho intramolecular Hbond substituents is 1. The Hall–Kier alpha value is -1.55. The number of hydrogen-bond donors (Lipinski definition) is 2. The summed E-state index contributed by atoms with van der Waals surface area (Å²) < 4.78 is 6.24. The monoisotopic (exact) mass is 371 g/mol. The zero-order valence-electron chi connectivity index (χ0n) is 17.0. The minimum absolute atomic E-state index is 0.0106. The molecule has 1 saturated heterocycles. The number of fused-ring (bicyclic) bond motifs is 1. The molecule has 0 radical (unpaired) electrons. The molecular weight excluding hydrogens is 338 g/mol. The third kappa shape index (κ3) is 2.97.